The van der Waals surface area contributed by atoms with E-state index in [4.69, 9.17) is 4.74 Å². The van der Waals surface area contributed by atoms with E-state index >= 15 is 0 Å². The fraction of sp³-hybridized carbons (Fsp3) is 0.438. The van der Waals surface area contributed by atoms with Gasteiger partial charge in [0.05, 0.1) is 5.56 Å². The summed E-state index contributed by atoms with van der Waals surface area (Å²) in [6.07, 6.45) is 0. The summed E-state index contributed by atoms with van der Waals surface area (Å²) in [5, 5.41) is 5.33. The molecule has 1 rings (SSSR count). The zero-order chi connectivity index (χ0) is 16.7. The lowest BCUT2D eigenvalue weighted by molar-refractivity contribution is -0.125. The third-order valence-electron chi connectivity index (χ3n) is 3.14. The molecular formula is C16H22N2O4. The number of hydrogen-bond acceptors (Lipinski definition) is 4. The van der Waals surface area contributed by atoms with Crippen molar-refractivity contribution in [3.63, 3.8) is 0 Å². The maximum absolute atomic E-state index is 11.9. The minimum atomic E-state index is -0.612. The molecule has 0 aliphatic rings. The number of ether oxygens (including phenoxy) is 1. The first-order valence-corrected chi connectivity index (χ1v) is 7.13. The first-order chi connectivity index (χ1) is 10.3. The molecule has 0 fully saturated rings. The molecule has 0 heterocycles. The third kappa shape index (κ3) is 5.95. The summed E-state index contributed by atoms with van der Waals surface area (Å²) >= 11 is 0. The number of carbonyl (C=O) groups is 3. The molecule has 0 aliphatic carbocycles. The van der Waals surface area contributed by atoms with Crippen molar-refractivity contribution < 1.29 is 19.1 Å². The van der Waals surface area contributed by atoms with Crippen LogP contribution in [-0.2, 0) is 14.3 Å². The fourth-order valence-corrected chi connectivity index (χ4v) is 1.60. The first kappa shape index (κ1) is 17.7. The average molecular weight is 306 g/mol. The summed E-state index contributed by atoms with van der Waals surface area (Å²) in [4.78, 5) is 34.5. The van der Waals surface area contributed by atoms with E-state index in [-0.39, 0.29) is 30.0 Å². The van der Waals surface area contributed by atoms with Crippen molar-refractivity contribution in [2.75, 3.05) is 11.9 Å². The lowest BCUT2D eigenvalue weighted by atomic mass is 10.1. The smallest absolute Gasteiger partial charge is 0.338 e. The van der Waals surface area contributed by atoms with Crippen LogP contribution in [-0.4, -0.2) is 30.4 Å². The number of rotatable bonds is 6. The highest BCUT2D eigenvalue weighted by Crippen LogP contribution is 2.11. The van der Waals surface area contributed by atoms with Crippen LogP contribution in [0.25, 0.3) is 0 Å². The molecule has 0 unspecified atom stereocenters. The number of benzene rings is 1. The Morgan fingerprint density at radius 3 is 2.45 bits per heavy atom. The van der Waals surface area contributed by atoms with Crippen molar-refractivity contribution in [3.05, 3.63) is 29.8 Å². The molecule has 1 aromatic rings. The van der Waals surface area contributed by atoms with E-state index < -0.39 is 5.97 Å². The number of esters is 1. The second-order valence-electron chi connectivity index (χ2n) is 5.44. The molecule has 0 spiro atoms. The van der Waals surface area contributed by atoms with Crippen molar-refractivity contribution in [3.8, 4) is 0 Å². The van der Waals surface area contributed by atoms with E-state index in [0.717, 1.165) is 0 Å². The number of amides is 2. The van der Waals surface area contributed by atoms with Crippen LogP contribution >= 0.6 is 0 Å². The van der Waals surface area contributed by atoms with Crippen LogP contribution in [0.2, 0.25) is 0 Å². The second-order valence-corrected chi connectivity index (χ2v) is 5.44. The Hall–Kier alpha value is -2.37. The van der Waals surface area contributed by atoms with Crippen LogP contribution in [0.1, 0.15) is 38.1 Å². The summed E-state index contributed by atoms with van der Waals surface area (Å²) in [7, 11) is 0. The molecule has 1 atom stereocenters. The Labute approximate surface area is 130 Å². The minimum absolute atomic E-state index is 0.00861. The van der Waals surface area contributed by atoms with Crippen LogP contribution in [0.3, 0.4) is 0 Å². The van der Waals surface area contributed by atoms with Gasteiger partial charge in [-0.15, -0.1) is 0 Å². The largest absolute Gasteiger partial charge is 0.452 e. The zero-order valence-corrected chi connectivity index (χ0v) is 13.3. The van der Waals surface area contributed by atoms with Gasteiger partial charge < -0.3 is 15.4 Å². The van der Waals surface area contributed by atoms with Gasteiger partial charge in [0, 0.05) is 18.7 Å². The van der Waals surface area contributed by atoms with Gasteiger partial charge in [0.1, 0.15) is 0 Å². The maximum atomic E-state index is 11.9. The van der Waals surface area contributed by atoms with Gasteiger partial charge in [-0.05, 0) is 31.0 Å². The first-order valence-electron chi connectivity index (χ1n) is 7.13. The molecule has 120 valence electrons. The van der Waals surface area contributed by atoms with E-state index in [1.807, 2.05) is 20.8 Å². The van der Waals surface area contributed by atoms with Crippen molar-refractivity contribution >= 4 is 23.5 Å². The van der Waals surface area contributed by atoms with Crippen molar-refractivity contribution in [1.29, 1.82) is 0 Å². The van der Waals surface area contributed by atoms with Gasteiger partial charge in [-0.1, -0.05) is 19.9 Å². The van der Waals surface area contributed by atoms with Gasteiger partial charge >= 0.3 is 5.97 Å². The summed E-state index contributed by atoms with van der Waals surface area (Å²) < 4.78 is 4.97. The van der Waals surface area contributed by atoms with E-state index in [0.29, 0.717) is 11.6 Å². The highest BCUT2D eigenvalue weighted by Gasteiger charge is 2.14. The Kier molecular flexibility index (Phi) is 6.56. The number of carbonyl (C=O) groups excluding carboxylic acids is 3. The molecular weight excluding hydrogens is 284 g/mol. The summed E-state index contributed by atoms with van der Waals surface area (Å²) in [5.41, 5.74) is 0.774. The van der Waals surface area contributed by atoms with E-state index in [2.05, 4.69) is 10.6 Å². The molecule has 0 radical (unpaired) electrons. The normalized spacial score (nSPS) is 11.7. The van der Waals surface area contributed by atoms with Gasteiger partial charge in [-0.25, -0.2) is 4.79 Å². The van der Waals surface area contributed by atoms with Gasteiger partial charge in [0.2, 0.25) is 5.91 Å². The van der Waals surface area contributed by atoms with Crippen LogP contribution in [0, 0.1) is 5.92 Å². The molecule has 0 aliphatic heterocycles. The summed E-state index contributed by atoms with van der Waals surface area (Å²) in [6, 6.07) is 6.35. The second kappa shape index (κ2) is 8.17. The van der Waals surface area contributed by atoms with Crippen LogP contribution in [0.5, 0.6) is 0 Å². The number of anilines is 1. The Balaban J connectivity index is 2.55. The van der Waals surface area contributed by atoms with Gasteiger partial charge in [-0.2, -0.15) is 0 Å². The molecule has 6 heteroatoms. The predicted molar refractivity (Wildman–Crippen MR) is 83.5 cm³/mol. The monoisotopic (exact) mass is 306 g/mol. The highest BCUT2D eigenvalue weighted by atomic mass is 16.5. The molecule has 0 bridgehead atoms. The van der Waals surface area contributed by atoms with Crippen molar-refractivity contribution in [2.45, 2.75) is 33.7 Å². The quantitative estimate of drug-likeness (QED) is 0.787. The number of hydrogen-bond donors (Lipinski definition) is 2. The zero-order valence-electron chi connectivity index (χ0n) is 13.3. The molecule has 22 heavy (non-hydrogen) atoms. The SMILES string of the molecule is CC(=O)Nc1cccc(C(=O)OCC(=O)N[C@@H](C)C(C)C)c1. The van der Waals surface area contributed by atoms with Crippen LogP contribution < -0.4 is 10.6 Å². The lowest BCUT2D eigenvalue weighted by Crippen LogP contribution is -2.38. The Morgan fingerprint density at radius 2 is 1.86 bits per heavy atom. The average Bonchev–Trinajstić information content (AvgIpc) is 2.44. The van der Waals surface area contributed by atoms with E-state index in [9.17, 15) is 14.4 Å². The van der Waals surface area contributed by atoms with Crippen LogP contribution in [0.15, 0.2) is 24.3 Å². The molecule has 6 nitrogen and oxygen atoms in total. The van der Waals surface area contributed by atoms with Gasteiger partial charge in [-0.3, -0.25) is 9.59 Å². The maximum Gasteiger partial charge on any atom is 0.338 e. The topological polar surface area (TPSA) is 84.5 Å². The van der Waals surface area contributed by atoms with Crippen molar-refractivity contribution in [2.24, 2.45) is 5.92 Å². The molecule has 0 aromatic heterocycles. The molecule has 0 saturated heterocycles. The van der Waals surface area contributed by atoms with Crippen molar-refractivity contribution in [1.82, 2.24) is 5.32 Å². The van der Waals surface area contributed by atoms with E-state index in [1.165, 1.54) is 13.0 Å². The predicted octanol–water partition coefficient (Wildman–Crippen LogP) is 1.96. The standard InChI is InChI=1S/C16H22N2O4/c1-10(2)11(3)17-15(20)9-22-16(21)13-6-5-7-14(8-13)18-12(4)19/h5-8,10-11H,9H2,1-4H3,(H,17,20)(H,18,19)/t11-/m0/s1. The highest BCUT2D eigenvalue weighted by molar-refractivity contribution is 5.94. The third-order valence-corrected chi connectivity index (χ3v) is 3.14. The lowest BCUT2D eigenvalue weighted by Gasteiger charge is -2.17. The fourth-order valence-electron chi connectivity index (χ4n) is 1.60. The molecule has 1 aromatic carbocycles. The summed E-state index contributed by atoms with van der Waals surface area (Å²) in [5.74, 6) is -0.881. The van der Waals surface area contributed by atoms with E-state index in [1.54, 1.807) is 18.2 Å². The number of nitrogens with one attached hydrogen (secondary N) is 2. The van der Waals surface area contributed by atoms with Gasteiger partial charge in [0.15, 0.2) is 6.61 Å². The van der Waals surface area contributed by atoms with Gasteiger partial charge in [0.25, 0.3) is 5.91 Å². The Morgan fingerprint density at radius 1 is 1.18 bits per heavy atom. The molecule has 0 saturated carbocycles. The van der Waals surface area contributed by atoms with Crippen LogP contribution in [0.4, 0.5) is 5.69 Å². The molecule has 2 amide bonds. The summed E-state index contributed by atoms with van der Waals surface area (Å²) in [6.45, 7) is 6.92. The molecule has 2 N–H and O–H groups in total. The Bertz CT molecular complexity index is 555. The minimum Gasteiger partial charge on any atom is -0.452 e.